The molecule has 0 unspecified atom stereocenters. The second-order valence-corrected chi connectivity index (χ2v) is 3.90. The molecule has 0 N–H and O–H groups in total. The van der Waals surface area contributed by atoms with Crippen molar-refractivity contribution in [3.63, 3.8) is 0 Å². The van der Waals surface area contributed by atoms with Crippen molar-refractivity contribution in [3.8, 4) is 0 Å². The Morgan fingerprint density at radius 1 is 0.941 bits per heavy atom. The number of aromatic nitrogens is 3. The average molecular weight is 221 g/mol. The predicted molar refractivity (Wildman–Crippen MR) is 66.6 cm³/mol. The van der Waals surface area contributed by atoms with Gasteiger partial charge in [-0.25, -0.2) is 0 Å². The molecule has 0 bridgehead atoms. The summed E-state index contributed by atoms with van der Waals surface area (Å²) in [6, 6.07) is 10.3. The van der Waals surface area contributed by atoms with Gasteiger partial charge in [-0.2, -0.15) is 0 Å². The van der Waals surface area contributed by atoms with Gasteiger partial charge in [0.15, 0.2) is 0 Å². The van der Waals surface area contributed by atoms with Crippen LogP contribution in [0.15, 0.2) is 55.1 Å². The standard InChI is InChI=1S/C14H11N3/c1-2-12-8-11(3-4-14(12)17-5-1)9-13-10-15-6-7-16-13/h1-8,10H,9H2. The van der Waals surface area contributed by atoms with Crippen LogP contribution in [0.1, 0.15) is 11.3 Å². The Morgan fingerprint density at radius 2 is 1.94 bits per heavy atom. The van der Waals surface area contributed by atoms with Crippen LogP contribution in [0.2, 0.25) is 0 Å². The van der Waals surface area contributed by atoms with Gasteiger partial charge in [0.05, 0.1) is 11.2 Å². The molecule has 0 aliphatic carbocycles. The molecule has 3 nitrogen and oxygen atoms in total. The fourth-order valence-corrected chi connectivity index (χ4v) is 1.87. The number of benzene rings is 1. The molecule has 17 heavy (non-hydrogen) atoms. The molecule has 2 heterocycles. The third-order valence-electron chi connectivity index (χ3n) is 2.67. The van der Waals surface area contributed by atoms with E-state index in [0.29, 0.717) is 0 Å². The van der Waals surface area contributed by atoms with Gasteiger partial charge >= 0.3 is 0 Å². The molecule has 3 heteroatoms. The summed E-state index contributed by atoms with van der Waals surface area (Å²) in [5.74, 6) is 0. The van der Waals surface area contributed by atoms with Gasteiger partial charge in [-0.05, 0) is 23.8 Å². The van der Waals surface area contributed by atoms with E-state index in [-0.39, 0.29) is 0 Å². The van der Waals surface area contributed by atoms with Crippen LogP contribution in [0.4, 0.5) is 0 Å². The third-order valence-corrected chi connectivity index (χ3v) is 2.67. The van der Waals surface area contributed by atoms with Gasteiger partial charge in [-0.3, -0.25) is 15.0 Å². The molecule has 2 aromatic heterocycles. The highest BCUT2D eigenvalue weighted by molar-refractivity contribution is 5.78. The summed E-state index contributed by atoms with van der Waals surface area (Å²) in [6.07, 6.45) is 7.82. The molecule has 0 saturated heterocycles. The lowest BCUT2D eigenvalue weighted by molar-refractivity contribution is 1.03. The first-order valence-corrected chi connectivity index (χ1v) is 5.50. The molecular formula is C14H11N3. The third kappa shape index (κ3) is 2.13. The number of hydrogen-bond acceptors (Lipinski definition) is 3. The molecule has 82 valence electrons. The van der Waals surface area contributed by atoms with Crippen molar-refractivity contribution >= 4 is 10.9 Å². The van der Waals surface area contributed by atoms with Crippen LogP contribution in [0.25, 0.3) is 10.9 Å². The first-order valence-electron chi connectivity index (χ1n) is 5.50. The van der Waals surface area contributed by atoms with Crippen LogP contribution in [-0.4, -0.2) is 15.0 Å². The number of pyridine rings is 1. The Kier molecular flexibility index (Phi) is 2.50. The molecule has 0 amide bonds. The van der Waals surface area contributed by atoms with E-state index < -0.39 is 0 Å². The van der Waals surface area contributed by atoms with E-state index in [0.717, 1.165) is 23.0 Å². The fraction of sp³-hybridized carbons (Fsp3) is 0.0714. The quantitative estimate of drug-likeness (QED) is 0.667. The van der Waals surface area contributed by atoms with Gasteiger partial charge in [0.2, 0.25) is 0 Å². The highest BCUT2D eigenvalue weighted by Crippen LogP contribution is 2.15. The van der Waals surface area contributed by atoms with Crippen LogP contribution >= 0.6 is 0 Å². The van der Waals surface area contributed by atoms with Crippen LogP contribution in [0.3, 0.4) is 0 Å². The first-order chi connectivity index (χ1) is 8.42. The maximum atomic E-state index is 4.30. The highest BCUT2D eigenvalue weighted by atomic mass is 14.8. The Hall–Kier alpha value is -2.29. The summed E-state index contributed by atoms with van der Waals surface area (Å²) >= 11 is 0. The van der Waals surface area contributed by atoms with Crippen LogP contribution in [0, 0.1) is 0 Å². The van der Waals surface area contributed by atoms with Crippen molar-refractivity contribution in [2.24, 2.45) is 0 Å². The van der Waals surface area contributed by atoms with Gasteiger partial charge < -0.3 is 0 Å². The lowest BCUT2D eigenvalue weighted by atomic mass is 10.1. The topological polar surface area (TPSA) is 38.7 Å². The van der Waals surface area contributed by atoms with Crippen molar-refractivity contribution in [3.05, 3.63) is 66.4 Å². The van der Waals surface area contributed by atoms with Gasteiger partial charge in [-0.15, -0.1) is 0 Å². The second kappa shape index (κ2) is 4.29. The number of hydrogen-bond donors (Lipinski definition) is 0. The van der Waals surface area contributed by atoms with E-state index in [1.807, 2.05) is 18.3 Å². The summed E-state index contributed by atoms with van der Waals surface area (Å²) in [7, 11) is 0. The Bertz CT molecular complexity index is 635. The Morgan fingerprint density at radius 3 is 2.82 bits per heavy atom. The number of nitrogens with zero attached hydrogens (tertiary/aromatic N) is 3. The molecule has 3 aromatic rings. The van der Waals surface area contributed by atoms with E-state index in [1.165, 1.54) is 5.56 Å². The van der Waals surface area contributed by atoms with Crippen LogP contribution in [0.5, 0.6) is 0 Å². The van der Waals surface area contributed by atoms with Crippen LogP contribution in [-0.2, 0) is 6.42 Å². The van der Waals surface area contributed by atoms with Gasteiger partial charge in [-0.1, -0.05) is 12.1 Å². The minimum atomic E-state index is 0.804. The summed E-state index contributed by atoms with van der Waals surface area (Å²) in [4.78, 5) is 12.6. The summed E-state index contributed by atoms with van der Waals surface area (Å²) in [5, 5.41) is 1.16. The highest BCUT2D eigenvalue weighted by Gasteiger charge is 1.99. The zero-order valence-electron chi connectivity index (χ0n) is 9.24. The van der Waals surface area contributed by atoms with E-state index in [9.17, 15) is 0 Å². The van der Waals surface area contributed by atoms with Gasteiger partial charge in [0.1, 0.15) is 0 Å². The molecule has 0 fully saturated rings. The predicted octanol–water partition coefficient (Wildman–Crippen LogP) is 2.62. The zero-order valence-corrected chi connectivity index (χ0v) is 9.24. The SMILES string of the molecule is c1cnc2ccc(Cc3cnccn3)cc2c1. The molecule has 0 aliphatic heterocycles. The molecule has 0 spiro atoms. The van der Waals surface area contributed by atoms with Crippen LogP contribution < -0.4 is 0 Å². The van der Waals surface area contributed by atoms with Gasteiger partial charge in [0.25, 0.3) is 0 Å². The van der Waals surface area contributed by atoms with Crippen molar-refractivity contribution in [2.45, 2.75) is 6.42 Å². The maximum Gasteiger partial charge on any atom is 0.0702 e. The van der Waals surface area contributed by atoms with Crippen molar-refractivity contribution in [1.82, 2.24) is 15.0 Å². The van der Waals surface area contributed by atoms with E-state index in [1.54, 1.807) is 18.6 Å². The number of fused-ring (bicyclic) bond motifs is 1. The fourth-order valence-electron chi connectivity index (χ4n) is 1.87. The summed E-state index contributed by atoms with van der Waals surface area (Å²) in [6.45, 7) is 0. The molecular weight excluding hydrogens is 210 g/mol. The Labute approximate surface area is 99.2 Å². The first kappa shape index (κ1) is 9.90. The second-order valence-electron chi connectivity index (χ2n) is 3.90. The molecule has 0 radical (unpaired) electrons. The minimum Gasteiger partial charge on any atom is -0.261 e. The van der Waals surface area contributed by atoms with Crippen molar-refractivity contribution < 1.29 is 0 Å². The van der Waals surface area contributed by atoms with Crippen molar-refractivity contribution in [2.75, 3.05) is 0 Å². The normalized spacial score (nSPS) is 10.6. The van der Waals surface area contributed by atoms with E-state index in [4.69, 9.17) is 0 Å². The molecule has 1 aromatic carbocycles. The van der Waals surface area contributed by atoms with E-state index in [2.05, 4.69) is 33.2 Å². The van der Waals surface area contributed by atoms with Gasteiger partial charge in [0, 0.05) is 36.6 Å². The molecule has 0 aliphatic rings. The zero-order chi connectivity index (χ0) is 11.5. The largest absolute Gasteiger partial charge is 0.261 e. The minimum absolute atomic E-state index is 0.804. The lowest BCUT2D eigenvalue weighted by Gasteiger charge is -2.02. The molecule has 0 saturated carbocycles. The average Bonchev–Trinajstić information content (AvgIpc) is 2.40. The smallest absolute Gasteiger partial charge is 0.0702 e. The number of rotatable bonds is 2. The Balaban J connectivity index is 1.96. The molecule has 0 atom stereocenters. The molecule has 3 rings (SSSR count). The lowest BCUT2D eigenvalue weighted by Crippen LogP contribution is -1.92. The van der Waals surface area contributed by atoms with Crippen molar-refractivity contribution in [1.29, 1.82) is 0 Å². The summed E-state index contributed by atoms with van der Waals surface area (Å²) < 4.78 is 0. The van der Waals surface area contributed by atoms with E-state index >= 15 is 0 Å². The monoisotopic (exact) mass is 221 g/mol. The summed E-state index contributed by atoms with van der Waals surface area (Å²) in [5.41, 5.74) is 3.23. The maximum absolute atomic E-state index is 4.30.